The van der Waals surface area contributed by atoms with Crippen molar-refractivity contribution in [1.82, 2.24) is 4.90 Å². The van der Waals surface area contributed by atoms with Gasteiger partial charge in [-0.25, -0.2) is 0 Å². The van der Waals surface area contributed by atoms with Gasteiger partial charge >= 0.3 is 0 Å². The molecule has 0 radical (unpaired) electrons. The van der Waals surface area contributed by atoms with Crippen LogP contribution in [0.25, 0.3) is 21.5 Å². The summed E-state index contributed by atoms with van der Waals surface area (Å²) < 4.78 is 0. The molecule has 0 saturated heterocycles. The summed E-state index contributed by atoms with van der Waals surface area (Å²) in [7, 11) is 0. The molecule has 5 aromatic rings. The second-order valence-corrected chi connectivity index (χ2v) is 12.2. The zero-order valence-electron chi connectivity index (χ0n) is 26.3. The van der Waals surface area contributed by atoms with E-state index in [1.54, 1.807) is 4.90 Å². The molecule has 0 bridgehead atoms. The van der Waals surface area contributed by atoms with Crippen LogP contribution >= 0.6 is 0 Å². The topological polar surface area (TPSA) is 106 Å². The third-order valence-corrected chi connectivity index (χ3v) is 8.64. The summed E-state index contributed by atoms with van der Waals surface area (Å²) in [6, 6.07) is 36.9. The number of nitrogens with two attached hydrogens (primary N) is 2. The Labute approximate surface area is 271 Å². The lowest BCUT2D eigenvalue weighted by atomic mass is 9.90. The number of fused-ring (bicyclic) bond motifs is 2. The van der Waals surface area contributed by atoms with Gasteiger partial charge in [-0.15, -0.1) is 0 Å². The quantitative estimate of drug-likeness (QED) is 0.123. The van der Waals surface area contributed by atoms with Crippen molar-refractivity contribution in [2.24, 2.45) is 17.4 Å². The summed E-state index contributed by atoms with van der Waals surface area (Å²) in [4.78, 5) is 43.0. The van der Waals surface area contributed by atoms with Crippen molar-refractivity contribution in [3.8, 4) is 0 Å². The van der Waals surface area contributed by atoms with Gasteiger partial charge in [-0.1, -0.05) is 110 Å². The van der Waals surface area contributed by atoms with Crippen molar-refractivity contribution in [3.63, 3.8) is 0 Å². The van der Waals surface area contributed by atoms with E-state index < -0.39 is 6.04 Å². The maximum atomic E-state index is 14.2. The van der Waals surface area contributed by atoms with Gasteiger partial charge in [0, 0.05) is 24.9 Å². The van der Waals surface area contributed by atoms with Gasteiger partial charge in [0.05, 0.1) is 12.6 Å². The van der Waals surface area contributed by atoms with E-state index >= 15 is 0 Å². The minimum Gasteiger partial charge on any atom is -0.331 e. The maximum absolute atomic E-state index is 14.2. The van der Waals surface area contributed by atoms with E-state index in [0.717, 1.165) is 45.5 Å². The van der Waals surface area contributed by atoms with Crippen LogP contribution in [0.3, 0.4) is 0 Å². The molecule has 0 aromatic heterocycles. The van der Waals surface area contributed by atoms with Crippen LogP contribution in [0.2, 0.25) is 0 Å². The highest BCUT2D eigenvalue weighted by Crippen LogP contribution is 2.23. The zero-order valence-corrected chi connectivity index (χ0v) is 26.3. The number of rotatable bonds is 16. The number of nitrogens with zero attached hydrogens (tertiary/aromatic N) is 1. The van der Waals surface area contributed by atoms with E-state index in [2.05, 4.69) is 0 Å². The van der Waals surface area contributed by atoms with Gasteiger partial charge in [-0.3, -0.25) is 14.4 Å². The number of carbonyl (C=O) groups excluding carboxylic acids is 3. The minimum atomic E-state index is -0.581. The first-order valence-corrected chi connectivity index (χ1v) is 16.2. The molecule has 5 rings (SSSR count). The monoisotopic (exact) mass is 613 g/mol. The number of carbonyl (C=O) groups is 3. The maximum Gasteiger partial charge on any atom is 0.254 e. The van der Waals surface area contributed by atoms with Crippen LogP contribution in [0.1, 0.15) is 47.2 Å². The number of hydrogen-bond acceptors (Lipinski definition) is 5. The first-order chi connectivity index (χ1) is 22.4. The Balaban J connectivity index is 1.42. The van der Waals surface area contributed by atoms with E-state index in [1.807, 2.05) is 115 Å². The van der Waals surface area contributed by atoms with Crippen LogP contribution in [-0.4, -0.2) is 48.0 Å². The molecule has 4 N–H and O–H groups in total. The first-order valence-electron chi connectivity index (χ1n) is 16.2. The van der Waals surface area contributed by atoms with Crippen LogP contribution < -0.4 is 11.5 Å². The Bertz CT molecular complexity index is 1780. The molecule has 0 saturated carbocycles. The fourth-order valence-electron chi connectivity index (χ4n) is 6.22. The molecule has 6 nitrogen and oxygen atoms in total. The van der Waals surface area contributed by atoms with E-state index in [0.29, 0.717) is 24.9 Å². The minimum absolute atomic E-state index is 0.0295. The summed E-state index contributed by atoms with van der Waals surface area (Å²) >= 11 is 0. The van der Waals surface area contributed by atoms with Gasteiger partial charge in [0.25, 0.3) is 5.91 Å². The lowest BCUT2D eigenvalue weighted by Crippen LogP contribution is -2.41. The van der Waals surface area contributed by atoms with Crippen LogP contribution in [0, 0.1) is 5.92 Å². The Kier molecular flexibility index (Phi) is 11.4. The van der Waals surface area contributed by atoms with Gasteiger partial charge in [-0.05, 0) is 76.5 Å². The standard InChI is InChI=1S/C40H43N3O3/c41-22-9-8-19-38(42)39(45)24-30(23-29-11-2-1-3-12-29)27-43(40(46)35-21-20-31-13-4-5-15-33(31)25-35)28-36(44)26-34-17-10-16-32-14-6-7-18-37(32)34/h1-7,10-18,20-21,25,30,38H,8-9,19,22-24,26-28,41-42H2/t30-,38+/m1/s1. The number of unbranched alkanes of at least 4 members (excludes halogenated alkanes) is 1. The molecule has 0 aliphatic carbocycles. The Morgan fingerprint density at radius 1 is 0.717 bits per heavy atom. The van der Waals surface area contributed by atoms with Crippen LogP contribution in [0.4, 0.5) is 0 Å². The lowest BCUT2D eigenvalue weighted by Gasteiger charge is -2.28. The molecule has 5 aromatic carbocycles. The van der Waals surface area contributed by atoms with Gasteiger partial charge in [0.2, 0.25) is 0 Å². The summed E-state index contributed by atoms with van der Waals surface area (Å²) in [5.41, 5.74) is 14.5. The smallest absolute Gasteiger partial charge is 0.254 e. The fraction of sp³-hybridized carbons (Fsp3) is 0.275. The van der Waals surface area contributed by atoms with Crippen molar-refractivity contribution in [3.05, 3.63) is 132 Å². The summed E-state index contributed by atoms with van der Waals surface area (Å²) in [6.07, 6.45) is 3.20. The van der Waals surface area contributed by atoms with Crippen molar-refractivity contribution in [1.29, 1.82) is 0 Å². The number of ketones is 2. The van der Waals surface area contributed by atoms with E-state index in [1.165, 1.54) is 0 Å². The Hall–Kier alpha value is -4.65. The predicted molar refractivity (Wildman–Crippen MR) is 187 cm³/mol. The van der Waals surface area contributed by atoms with Crippen LogP contribution in [-0.2, 0) is 22.4 Å². The second kappa shape index (κ2) is 16.1. The molecule has 46 heavy (non-hydrogen) atoms. The molecule has 0 aliphatic rings. The Morgan fingerprint density at radius 3 is 2.20 bits per heavy atom. The highest BCUT2D eigenvalue weighted by atomic mass is 16.2. The molecular formula is C40H43N3O3. The van der Waals surface area contributed by atoms with Gasteiger partial charge < -0.3 is 16.4 Å². The van der Waals surface area contributed by atoms with Gasteiger partial charge in [-0.2, -0.15) is 0 Å². The third kappa shape index (κ3) is 8.75. The summed E-state index contributed by atoms with van der Waals surface area (Å²) in [5, 5.41) is 4.09. The number of amides is 1. The Morgan fingerprint density at radius 2 is 1.41 bits per heavy atom. The van der Waals surface area contributed by atoms with Crippen molar-refractivity contribution in [2.75, 3.05) is 19.6 Å². The van der Waals surface area contributed by atoms with Crippen molar-refractivity contribution >= 4 is 39.0 Å². The molecular weight excluding hydrogens is 570 g/mol. The highest BCUT2D eigenvalue weighted by Gasteiger charge is 2.26. The zero-order chi connectivity index (χ0) is 32.3. The summed E-state index contributed by atoms with van der Waals surface area (Å²) in [5.74, 6) is -0.535. The molecule has 0 unspecified atom stereocenters. The average Bonchev–Trinajstić information content (AvgIpc) is 3.08. The second-order valence-electron chi connectivity index (χ2n) is 12.2. The van der Waals surface area contributed by atoms with E-state index in [-0.39, 0.29) is 49.3 Å². The molecule has 2 atom stereocenters. The van der Waals surface area contributed by atoms with Crippen LogP contribution in [0.15, 0.2) is 115 Å². The van der Waals surface area contributed by atoms with Gasteiger partial charge in [0.15, 0.2) is 5.78 Å². The van der Waals surface area contributed by atoms with Crippen LogP contribution in [0.5, 0.6) is 0 Å². The highest BCUT2D eigenvalue weighted by molar-refractivity contribution is 6.01. The molecule has 6 heteroatoms. The molecule has 0 fully saturated rings. The number of hydrogen-bond donors (Lipinski definition) is 2. The number of benzene rings is 5. The average molecular weight is 614 g/mol. The van der Waals surface area contributed by atoms with Gasteiger partial charge in [0.1, 0.15) is 5.78 Å². The fourth-order valence-corrected chi connectivity index (χ4v) is 6.22. The molecule has 1 amide bonds. The number of Topliss-reactive ketones (excluding diaryl/α,β-unsaturated/α-hetero) is 2. The molecule has 0 aliphatic heterocycles. The molecule has 236 valence electrons. The normalized spacial score (nSPS) is 12.6. The largest absolute Gasteiger partial charge is 0.331 e. The molecule has 0 heterocycles. The van der Waals surface area contributed by atoms with Crippen molar-refractivity contribution < 1.29 is 14.4 Å². The lowest BCUT2D eigenvalue weighted by molar-refractivity contribution is -0.121. The van der Waals surface area contributed by atoms with E-state index in [4.69, 9.17) is 11.5 Å². The SMILES string of the molecule is NCCCC[C@H](N)C(=O)C[C@@H](Cc1ccccc1)CN(CC(=O)Cc1cccc2ccccc12)C(=O)c1ccc2ccccc2c1. The van der Waals surface area contributed by atoms with Crippen molar-refractivity contribution in [2.45, 2.75) is 44.6 Å². The third-order valence-electron chi connectivity index (χ3n) is 8.64. The van der Waals surface area contributed by atoms with E-state index in [9.17, 15) is 14.4 Å². The first kappa shape index (κ1) is 32.7. The predicted octanol–water partition coefficient (Wildman–Crippen LogP) is 6.52. The molecule has 0 spiro atoms. The summed E-state index contributed by atoms with van der Waals surface area (Å²) in [6.45, 7) is 0.760.